The first-order valence-corrected chi connectivity index (χ1v) is 14.9. The van der Waals surface area contributed by atoms with Gasteiger partial charge in [-0.3, -0.25) is 4.79 Å². The van der Waals surface area contributed by atoms with Crippen molar-refractivity contribution in [3.63, 3.8) is 0 Å². The van der Waals surface area contributed by atoms with Crippen LogP contribution in [-0.2, 0) is 18.4 Å². The lowest BCUT2D eigenvalue weighted by Gasteiger charge is -2.12. The number of hydrogen-bond acceptors (Lipinski definition) is 2. The Kier molecular flexibility index (Phi) is 7.85. The molecule has 0 unspecified atom stereocenters. The molecule has 5 nitrogen and oxygen atoms in total. The van der Waals surface area contributed by atoms with Gasteiger partial charge in [-0.2, -0.15) is 0 Å². The van der Waals surface area contributed by atoms with Crippen molar-refractivity contribution in [2.75, 3.05) is 13.1 Å². The third-order valence-corrected chi connectivity index (χ3v) is 8.74. The lowest BCUT2D eigenvalue weighted by molar-refractivity contribution is -0.647. The van der Waals surface area contributed by atoms with E-state index in [0.29, 0.717) is 29.6 Å². The molecule has 1 amide bonds. The number of imidazole rings is 1. The summed E-state index contributed by atoms with van der Waals surface area (Å²) in [6.07, 6.45) is 7.63. The Labute approximate surface area is 249 Å². The number of carbonyl (C=O) groups excluding carboxylic acids is 1. The average Bonchev–Trinajstić information content (AvgIpc) is 3.23. The van der Waals surface area contributed by atoms with E-state index in [4.69, 9.17) is 28.9 Å². The monoisotopic (exact) mass is 583 g/mol. The summed E-state index contributed by atoms with van der Waals surface area (Å²) in [6, 6.07) is 23.7. The van der Waals surface area contributed by atoms with Crippen LogP contribution in [0, 0.1) is 0 Å². The zero-order valence-electron chi connectivity index (χ0n) is 23.1. The van der Waals surface area contributed by atoms with Crippen LogP contribution in [0.3, 0.4) is 0 Å². The number of halogens is 2. The van der Waals surface area contributed by atoms with Crippen molar-refractivity contribution in [3.8, 4) is 0 Å². The molecule has 6 aromatic rings. The molecule has 0 aliphatic carbocycles. The van der Waals surface area contributed by atoms with Gasteiger partial charge in [0.2, 0.25) is 5.91 Å². The van der Waals surface area contributed by atoms with E-state index in [9.17, 15) is 4.79 Å². The summed E-state index contributed by atoms with van der Waals surface area (Å²) in [7, 11) is 2.06. The van der Waals surface area contributed by atoms with Gasteiger partial charge in [0.1, 0.15) is 0 Å². The van der Waals surface area contributed by atoms with Crippen molar-refractivity contribution < 1.29 is 9.36 Å². The molecule has 0 aliphatic heterocycles. The maximum absolute atomic E-state index is 12.0. The third kappa shape index (κ3) is 5.26. The molecule has 7 heteroatoms. The molecule has 0 saturated heterocycles. The van der Waals surface area contributed by atoms with Crippen molar-refractivity contribution in [1.29, 1.82) is 0 Å². The summed E-state index contributed by atoms with van der Waals surface area (Å²) in [5.74, 6) is 1.12. The fourth-order valence-electron chi connectivity index (χ4n) is 5.98. The molecule has 41 heavy (non-hydrogen) atoms. The Bertz CT molecular complexity index is 1910. The van der Waals surface area contributed by atoms with Gasteiger partial charge in [0.05, 0.1) is 23.6 Å². The molecule has 5 aromatic carbocycles. The van der Waals surface area contributed by atoms with Crippen LogP contribution >= 0.6 is 23.2 Å². The number of benzene rings is 5. The van der Waals surface area contributed by atoms with Crippen LogP contribution < -0.4 is 15.6 Å². The van der Waals surface area contributed by atoms with E-state index in [1.165, 1.54) is 37.9 Å². The number of nitrogens with zero attached hydrogens (tertiary/aromatic N) is 2. The Morgan fingerprint density at radius 3 is 2.39 bits per heavy atom. The van der Waals surface area contributed by atoms with Crippen LogP contribution in [0.25, 0.3) is 55.5 Å². The molecule has 208 valence electrons. The van der Waals surface area contributed by atoms with E-state index in [-0.39, 0.29) is 5.91 Å². The predicted molar refractivity (Wildman–Crippen MR) is 173 cm³/mol. The highest BCUT2D eigenvalue weighted by atomic mass is 35.5. The number of fused-ring (bicyclic) bond motifs is 1. The number of aryl methyl sites for hydroxylation is 2. The minimum atomic E-state index is 0.0617. The van der Waals surface area contributed by atoms with Crippen molar-refractivity contribution in [3.05, 3.63) is 88.2 Å². The van der Waals surface area contributed by atoms with E-state index < -0.39 is 0 Å². The first-order valence-electron chi connectivity index (χ1n) is 14.1. The van der Waals surface area contributed by atoms with Crippen LogP contribution in [0.5, 0.6) is 0 Å². The number of unbranched alkanes of at least 4 members (excludes halogenated alkanes) is 2. The van der Waals surface area contributed by atoms with Gasteiger partial charge in [-0.25, -0.2) is 9.13 Å². The van der Waals surface area contributed by atoms with Crippen molar-refractivity contribution in [2.24, 2.45) is 12.8 Å². The maximum atomic E-state index is 12.0. The lowest BCUT2D eigenvalue weighted by Crippen LogP contribution is -2.31. The molecule has 1 aromatic heterocycles. The molecule has 0 aliphatic rings. The summed E-state index contributed by atoms with van der Waals surface area (Å²) in [5.41, 5.74) is 8.72. The number of rotatable bonds is 10. The molecule has 0 spiro atoms. The fourth-order valence-corrected chi connectivity index (χ4v) is 6.29. The van der Waals surface area contributed by atoms with Crippen molar-refractivity contribution in [2.45, 2.75) is 32.2 Å². The number of nitrogens with two attached hydrogens (primary N) is 1. The van der Waals surface area contributed by atoms with Crippen molar-refractivity contribution >= 4 is 84.6 Å². The zero-order chi connectivity index (χ0) is 28.5. The summed E-state index contributed by atoms with van der Waals surface area (Å²) in [5, 5.41) is 11.6. The molecule has 1 heterocycles. The van der Waals surface area contributed by atoms with Gasteiger partial charge < -0.3 is 11.1 Å². The normalized spacial score (nSPS) is 12.1. The van der Waals surface area contributed by atoms with Gasteiger partial charge in [-0.1, -0.05) is 77.8 Å². The number of hydrogen-bond donors (Lipinski definition) is 2. The lowest BCUT2D eigenvalue weighted by atomic mass is 9.92. The van der Waals surface area contributed by atoms with Gasteiger partial charge in [0.25, 0.3) is 5.82 Å². The Balaban J connectivity index is 1.34. The first kappa shape index (κ1) is 27.5. The highest BCUT2D eigenvalue weighted by Gasteiger charge is 2.22. The largest absolute Gasteiger partial charge is 0.355 e. The topological polar surface area (TPSA) is 63.9 Å². The molecule has 0 bridgehead atoms. The molecule has 0 radical (unpaired) electrons. The van der Waals surface area contributed by atoms with E-state index >= 15 is 0 Å². The minimum absolute atomic E-state index is 0.0617. The zero-order valence-corrected chi connectivity index (χ0v) is 24.6. The number of amides is 1. The van der Waals surface area contributed by atoms with Gasteiger partial charge in [0, 0.05) is 37.7 Å². The smallest absolute Gasteiger partial charge is 0.282 e. The maximum Gasteiger partial charge on any atom is 0.282 e. The Morgan fingerprint density at radius 1 is 0.902 bits per heavy atom. The first-order chi connectivity index (χ1) is 20.0. The molecule has 3 N–H and O–H groups in total. The molecular formula is C34H33Cl2N4O+. The average molecular weight is 585 g/mol. The summed E-state index contributed by atoms with van der Waals surface area (Å²) < 4.78 is 4.47. The second-order valence-corrected chi connectivity index (χ2v) is 11.4. The van der Waals surface area contributed by atoms with Crippen LogP contribution in [0.15, 0.2) is 66.7 Å². The van der Waals surface area contributed by atoms with Gasteiger partial charge in [-0.05, 0) is 63.2 Å². The summed E-state index contributed by atoms with van der Waals surface area (Å²) in [4.78, 5) is 12.0. The molecule has 6 rings (SSSR count). The van der Waals surface area contributed by atoms with Gasteiger partial charge in [0.15, 0.2) is 11.0 Å². The highest BCUT2D eigenvalue weighted by molar-refractivity contribution is 6.42. The fraction of sp³-hybridized carbons (Fsp3) is 0.235. The Morgan fingerprint density at radius 2 is 1.61 bits per heavy atom. The second-order valence-electron chi connectivity index (χ2n) is 10.6. The van der Waals surface area contributed by atoms with Crippen LogP contribution in [0.1, 0.15) is 37.1 Å². The van der Waals surface area contributed by atoms with E-state index in [1.807, 2.05) is 12.1 Å². The number of carbonyl (C=O) groups is 1. The Hall–Kier alpha value is -3.64. The standard InChI is InChI=1S/C34H32Cl2N4O/c1-39-29-20-27(35)28(36)21-30(29)40(19-4-2-3-8-31(41)38-18-17-37)32(39)16-14-22-9-10-25-12-11-23-6-5-7-24-13-15-26(22)34(25)33(23)24/h5-7,9-16,20-21H,2-4,8,17-19,37H2,1H3/p+1/b16-14+. The molecular weight excluding hydrogens is 551 g/mol. The number of nitrogens with one attached hydrogen (secondary N) is 1. The summed E-state index contributed by atoms with van der Waals surface area (Å²) in [6.45, 7) is 1.79. The number of aromatic nitrogens is 2. The van der Waals surface area contributed by atoms with Crippen LogP contribution in [0.4, 0.5) is 0 Å². The third-order valence-electron chi connectivity index (χ3n) is 8.02. The van der Waals surface area contributed by atoms with Crippen LogP contribution in [-0.4, -0.2) is 23.6 Å². The van der Waals surface area contributed by atoms with Gasteiger partial charge >= 0.3 is 0 Å². The summed E-state index contributed by atoms with van der Waals surface area (Å²) >= 11 is 12.9. The SMILES string of the molecule is C[n+]1c(/C=C/c2ccc3ccc4cccc5ccc2c3c45)n(CCCCCC(=O)NCCN)c2cc(Cl)c(Cl)cc21. The predicted octanol–water partition coefficient (Wildman–Crippen LogP) is 7.48. The van der Waals surface area contributed by atoms with E-state index in [1.54, 1.807) is 0 Å². The van der Waals surface area contributed by atoms with Crippen molar-refractivity contribution in [1.82, 2.24) is 9.88 Å². The molecule has 0 saturated carbocycles. The van der Waals surface area contributed by atoms with Crippen LogP contribution in [0.2, 0.25) is 10.0 Å². The van der Waals surface area contributed by atoms with E-state index in [2.05, 4.69) is 88.2 Å². The molecule has 0 fully saturated rings. The van der Waals surface area contributed by atoms with Gasteiger partial charge in [-0.15, -0.1) is 0 Å². The highest BCUT2D eigenvalue weighted by Crippen LogP contribution is 2.36. The minimum Gasteiger partial charge on any atom is -0.355 e. The quantitative estimate of drug-likeness (QED) is 0.0997. The second kappa shape index (κ2) is 11.7. The van der Waals surface area contributed by atoms with E-state index in [0.717, 1.165) is 42.7 Å². The molecule has 0 atom stereocenters.